The van der Waals surface area contributed by atoms with Crippen molar-refractivity contribution in [2.45, 2.75) is 71.6 Å². The Balaban J connectivity index is 3.19. The molecule has 5 nitrogen and oxygen atoms in total. The third-order valence-corrected chi connectivity index (χ3v) is 15.8. The molecule has 0 spiro atoms. The largest absolute Gasteiger partial charge is 0.355 e. The lowest BCUT2D eigenvalue weighted by Gasteiger charge is -2.31. The van der Waals surface area contributed by atoms with E-state index in [1.165, 1.54) is 0 Å². The van der Waals surface area contributed by atoms with Crippen LogP contribution < -0.4 is 0 Å². The van der Waals surface area contributed by atoms with Crippen LogP contribution in [-0.2, 0) is 4.79 Å². The van der Waals surface area contributed by atoms with E-state index in [1.54, 1.807) is 0 Å². The minimum absolute atomic E-state index is 0.314. The molecule has 0 unspecified atom stereocenters. The van der Waals surface area contributed by atoms with Gasteiger partial charge in [0.1, 0.15) is 41.6 Å². The Morgan fingerprint density at radius 1 is 0.696 bits per heavy atom. The third kappa shape index (κ3) is 6.12. The standard InChI is InChI=1S/C14H34N4OSi4/c1-20(2)17(21(3)4)15-13-10-9-12(19)11-14(13)16-18(22(5)6)23(7)8/h20-23H,9-11H2,1-8H3. The number of ketones is 1. The normalized spacial score (nSPS) is 19.7. The van der Waals surface area contributed by atoms with Gasteiger partial charge in [0.2, 0.25) is 0 Å². The average molecular weight is 387 g/mol. The van der Waals surface area contributed by atoms with Gasteiger partial charge < -0.3 is 8.68 Å². The molecule has 0 saturated heterocycles. The van der Waals surface area contributed by atoms with Crippen LogP contribution in [0.4, 0.5) is 0 Å². The summed E-state index contributed by atoms with van der Waals surface area (Å²) >= 11 is 0. The maximum absolute atomic E-state index is 12.0. The number of carbonyl (C=O) groups excluding carboxylic acids is 1. The summed E-state index contributed by atoms with van der Waals surface area (Å²) in [6, 6.07) is 0. The summed E-state index contributed by atoms with van der Waals surface area (Å²) in [5.74, 6) is 0.314. The minimum Gasteiger partial charge on any atom is -0.355 e. The van der Waals surface area contributed by atoms with Gasteiger partial charge in [-0.05, 0) is 0 Å². The summed E-state index contributed by atoms with van der Waals surface area (Å²) in [7, 11) is -3.91. The van der Waals surface area contributed by atoms with E-state index in [1.807, 2.05) is 0 Å². The van der Waals surface area contributed by atoms with Crippen molar-refractivity contribution < 1.29 is 4.79 Å². The fourth-order valence-electron chi connectivity index (χ4n) is 2.91. The fourth-order valence-corrected chi connectivity index (χ4v) is 13.9. The van der Waals surface area contributed by atoms with Crippen LogP contribution in [-0.4, -0.2) is 61.7 Å². The Bertz CT molecular complexity index is 461. The molecule has 1 saturated carbocycles. The van der Waals surface area contributed by atoms with Crippen molar-refractivity contribution in [2.24, 2.45) is 10.2 Å². The zero-order chi connectivity index (χ0) is 17.7. The molecule has 1 aliphatic rings. The molecule has 1 fully saturated rings. The Labute approximate surface area is 148 Å². The van der Waals surface area contributed by atoms with Gasteiger partial charge in [0.25, 0.3) is 0 Å². The zero-order valence-electron chi connectivity index (χ0n) is 16.1. The number of hydrogen-bond acceptors (Lipinski definition) is 5. The van der Waals surface area contributed by atoms with Crippen molar-refractivity contribution in [3.8, 4) is 0 Å². The fraction of sp³-hybridized carbons (Fsp3) is 0.786. The van der Waals surface area contributed by atoms with Gasteiger partial charge in [-0.15, -0.1) is 0 Å². The lowest BCUT2D eigenvalue weighted by Crippen LogP contribution is -2.43. The van der Waals surface area contributed by atoms with Gasteiger partial charge in [-0.1, -0.05) is 52.4 Å². The van der Waals surface area contributed by atoms with Crippen LogP contribution in [0.2, 0.25) is 52.4 Å². The monoisotopic (exact) mass is 386 g/mol. The molecule has 0 aromatic carbocycles. The lowest BCUT2D eigenvalue weighted by atomic mass is 9.95. The van der Waals surface area contributed by atoms with E-state index in [9.17, 15) is 4.79 Å². The van der Waals surface area contributed by atoms with E-state index in [2.05, 4.69) is 61.1 Å². The number of hydrogen-bond donors (Lipinski definition) is 0. The number of carbonyl (C=O) groups is 1. The molecule has 0 radical (unpaired) electrons. The molecule has 0 aromatic heterocycles. The predicted molar refractivity (Wildman–Crippen MR) is 113 cm³/mol. The van der Waals surface area contributed by atoms with Gasteiger partial charge in [-0.3, -0.25) is 4.79 Å². The molecule has 0 atom stereocenters. The van der Waals surface area contributed by atoms with Gasteiger partial charge in [-0.25, -0.2) is 0 Å². The van der Waals surface area contributed by atoms with Crippen molar-refractivity contribution in [3.05, 3.63) is 0 Å². The van der Waals surface area contributed by atoms with Crippen LogP contribution in [0.5, 0.6) is 0 Å². The first-order valence-corrected chi connectivity index (χ1v) is 20.2. The number of rotatable bonds is 6. The van der Waals surface area contributed by atoms with Crippen LogP contribution >= 0.6 is 0 Å². The van der Waals surface area contributed by atoms with Crippen molar-refractivity contribution in [3.63, 3.8) is 0 Å². The summed E-state index contributed by atoms with van der Waals surface area (Å²) in [6.45, 7) is 18.6. The van der Waals surface area contributed by atoms with Crippen LogP contribution in [0.25, 0.3) is 0 Å². The Kier molecular flexibility index (Phi) is 8.11. The molecule has 1 aliphatic carbocycles. The number of hydrazone groups is 2. The quantitative estimate of drug-likeness (QED) is 0.518. The first-order chi connectivity index (χ1) is 10.6. The first-order valence-electron chi connectivity index (χ1n) is 8.87. The SMILES string of the molecule is C[SiH](C)N(N=C1CCC(=O)CC1=NN([SiH](C)C)[SiH](C)C)[SiH](C)C. The minimum atomic E-state index is -0.992. The molecule has 0 aliphatic heterocycles. The highest BCUT2D eigenvalue weighted by Gasteiger charge is 2.25. The van der Waals surface area contributed by atoms with Crippen LogP contribution in [0, 0.1) is 0 Å². The molecule has 0 aromatic rings. The highest BCUT2D eigenvalue weighted by Crippen LogP contribution is 2.15. The molecular formula is C14H34N4OSi4. The molecule has 0 heterocycles. The lowest BCUT2D eigenvalue weighted by molar-refractivity contribution is -0.117. The second-order valence-electron chi connectivity index (χ2n) is 7.44. The molecule has 1 rings (SSSR count). The summed E-state index contributed by atoms with van der Waals surface area (Å²) in [6.07, 6.45) is 1.87. The highest BCUT2D eigenvalue weighted by atomic mass is 28.4. The molecule has 132 valence electrons. The van der Waals surface area contributed by atoms with E-state index in [0.717, 1.165) is 17.8 Å². The highest BCUT2D eigenvalue weighted by molar-refractivity contribution is 6.71. The molecule has 0 amide bonds. The summed E-state index contributed by atoms with van der Waals surface area (Å²) in [5, 5.41) is 9.98. The van der Waals surface area contributed by atoms with Gasteiger partial charge >= 0.3 is 0 Å². The van der Waals surface area contributed by atoms with E-state index in [0.29, 0.717) is 18.6 Å². The Morgan fingerprint density at radius 2 is 1.09 bits per heavy atom. The molecule has 9 heteroatoms. The first kappa shape index (κ1) is 20.5. The van der Waals surface area contributed by atoms with E-state index >= 15 is 0 Å². The molecule has 0 N–H and O–H groups in total. The second kappa shape index (κ2) is 9.09. The Morgan fingerprint density at radius 3 is 1.48 bits per heavy atom. The van der Waals surface area contributed by atoms with Crippen molar-refractivity contribution >= 4 is 53.0 Å². The predicted octanol–water partition coefficient (Wildman–Crippen LogP) is 1.99. The van der Waals surface area contributed by atoms with Crippen molar-refractivity contribution in [2.75, 3.05) is 0 Å². The second-order valence-corrected chi connectivity index (χ2v) is 19.5. The van der Waals surface area contributed by atoms with Crippen molar-refractivity contribution in [1.82, 2.24) is 8.68 Å². The zero-order valence-corrected chi connectivity index (χ0v) is 20.7. The third-order valence-electron chi connectivity index (χ3n) is 3.93. The van der Waals surface area contributed by atoms with Gasteiger partial charge in [-0.2, -0.15) is 10.2 Å². The van der Waals surface area contributed by atoms with Gasteiger partial charge in [0.15, 0.2) is 0 Å². The summed E-state index contributed by atoms with van der Waals surface area (Å²) in [5.41, 5.74) is 2.04. The average Bonchev–Trinajstić information content (AvgIpc) is 2.42. The van der Waals surface area contributed by atoms with E-state index in [-0.39, 0.29) is 0 Å². The van der Waals surface area contributed by atoms with E-state index < -0.39 is 35.8 Å². The van der Waals surface area contributed by atoms with Crippen LogP contribution in [0.3, 0.4) is 0 Å². The topological polar surface area (TPSA) is 48.3 Å². The molecular weight excluding hydrogens is 353 g/mol. The smallest absolute Gasteiger partial charge is 0.144 e. The van der Waals surface area contributed by atoms with Gasteiger partial charge in [0.05, 0.1) is 17.8 Å². The van der Waals surface area contributed by atoms with Crippen LogP contribution in [0.15, 0.2) is 10.2 Å². The van der Waals surface area contributed by atoms with E-state index in [4.69, 9.17) is 10.2 Å². The number of nitrogens with zero attached hydrogens (tertiary/aromatic N) is 4. The van der Waals surface area contributed by atoms with Crippen molar-refractivity contribution in [1.29, 1.82) is 0 Å². The van der Waals surface area contributed by atoms with Crippen LogP contribution in [0.1, 0.15) is 19.3 Å². The molecule has 23 heavy (non-hydrogen) atoms. The maximum Gasteiger partial charge on any atom is 0.144 e. The summed E-state index contributed by atoms with van der Waals surface area (Å²) < 4.78 is 4.78. The Hall–Kier alpha value is -0.522. The number of Topliss-reactive ketones (excluding diaryl/α,β-unsaturated/α-hetero) is 1. The summed E-state index contributed by atoms with van der Waals surface area (Å²) in [4.78, 5) is 12.0. The molecule has 0 bridgehead atoms. The van der Waals surface area contributed by atoms with Gasteiger partial charge in [0, 0.05) is 12.8 Å². The maximum atomic E-state index is 12.0.